The molecule has 2 amide bonds. The zero-order valence-electron chi connectivity index (χ0n) is 19.7. The standard InChI is InChI=1S/C26H30FN5O2/c1-3-19-14-23(26(34)31-12-6-4-5-7-16(31)2)29-24-15-22(30-32(19)24)20-11-10-18(13-21(20)27)28-25(33)17-8-9-17/h10-11,13-17H,3-9,12H2,1-2H3,(H,28,33). The lowest BCUT2D eigenvalue weighted by Crippen LogP contribution is -2.38. The molecule has 2 aromatic heterocycles. The highest BCUT2D eigenvalue weighted by molar-refractivity contribution is 5.94. The van der Waals surface area contributed by atoms with E-state index in [0.29, 0.717) is 34.7 Å². The Morgan fingerprint density at radius 1 is 1.12 bits per heavy atom. The van der Waals surface area contributed by atoms with E-state index >= 15 is 0 Å². The molecule has 3 heterocycles. The topological polar surface area (TPSA) is 79.6 Å². The first-order valence-electron chi connectivity index (χ1n) is 12.3. The van der Waals surface area contributed by atoms with Gasteiger partial charge in [-0.15, -0.1) is 0 Å². The summed E-state index contributed by atoms with van der Waals surface area (Å²) in [5, 5.41) is 7.36. The lowest BCUT2D eigenvalue weighted by Gasteiger charge is -2.27. The molecular weight excluding hydrogens is 433 g/mol. The number of aryl methyl sites for hydroxylation is 1. The van der Waals surface area contributed by atoms with Gasteiger partial charge < -0.3 is 10.2 Å². The highest BCUT2D eigenvalue weighted by atomic mass is 19.1. The molecule has 1 saturated carbocycles. The van der Waals surface area contributed by atoms with Gasteiger partial charge in [0.25, 0.3) is 5.91 Å². The van der Waals surface area contributed by atoms with Crippen molar-refractivity contribution in [2.24, 2.45) is 5.92 Å². The Labute approximate surface area is 198 Å². The van der Waals surface area contributed by atoms with E-state index < -0.39 is 5.82 Å². The van der Waals surface area contributed by atoms with Crippen LogP contribution < -0.4 is 5.32 Å². The van der Waals surface area contributed by atoms with E-state index in [-0.39, 0.29) is 23.8 Å². The average molecular weight is 464 g/mol. The summed E-state index contributed by atoms with van der Waals surface area (Å²) < 4.78 is 16.6. The average Bonchev–Trinajstić information content (AvgIpc) is 3.62. The first kappa shape index (κ1) is 22.5. The van der Waals surface area contributed by atoms with Crippen LogP contribution >= 0.6 is 0 Å². The smallest absolute Gasteiger partial charge is 0.272 e. The normalized spacial score (nSPS) is 18.7. The van der Waals surface area contributed by atoms with Crippen molar-refractivity contribution in [3.8, 4) is 11.3 Å². The molecule has 7 nitrogen and oxygen atoms in total. The van der Waals surface area contributed by atoms with Gasteiger partial charge in [-0.1, -0.05) is 19.8 Å². The quantitative estimate of drug-likeness (QED) is 0.587. The number of fused-ring (bicyclic) bond motifs is 1. The minimum atomic E-state index is -0.468. The van der Waals surface area contributed by atoms with Crippen LogP contribution in [0.3, 0.4) is 0 Å². The Kier molecular flexibility index (Phi) is 6.06. The molecular formula is C26H30FN5O2. The molecule has 34 heavy (non-hydrogen) atoms. The maximum absolute atomic E-state index is 15.0. The van der Waals surface area contributed by atoms with E-state index in [1.54, 1.807) is 28.8 Å². The summed E-state index contributed by atoms with van der Waals surface area (Å²) in [6, 6.07) is 8.33. The minimum Gasteiger partial charge on any atom is -0.335 e. The van der Waals surface area contributed by atoms with Crippen LogP contribution in [0.2, 0.25) is 0 Å². The second-order valence-corrected chi connectivity index (χ2v) is 9.44. The Morgan fingerprint density at radius 2 is 1.94 bits per heavy atom. The van der Waals surface area contributed by atoms with Crippen molar-refractivity contribution < 1.29 is 14.0 Å². The highest BCUT2D eigenvalue weighted by Crippen LogP contribution is 2.31. The van der Waals surface area contributed by atoms with E-state index in [0.717, 1.165) is 50.8 Å². The fraction of sp³-hybridized carbons (Fsp3) is 0.462. The van der Waals surface area contributed by atoms with Crippen molar-refractivity contribution in [2.75, 3.05) is 11.9 Å². The maximum Gasteiger partial charge on any atom is 0.272 e. The van der Waals surface area contributed by atoms with Gasteiger partial charge in [0.15, 0.2) is 5.65 Å². The van der Waals surface area contributed by atoms with E-state index in [4.69, 9.17) is 0 Å². The molecule has 2 aliphatic rings. The van der Waals surface area contributed by atoms with Crippen LogP contribution in [0.15, 0.2) is 30.3 Å². The molecule has 0 bridgehead atoms. The number of likely N-dealkylation sites (tertiary alicyclic amines) is 1. The van der Waals surface area contributed by atoms with E-state index in [2.05, 4.69) is 22.3 Å². The summed E-state index contributed by atoms with van der Waals surface area (Å²) in [5.41, 5.74) is 2.97. The van der Waals surface area contributed by atoms with Gasteiger partial charge in [-0.25, -0.2) is 13.9 Å². The SMILES string of the molecule is CCc1cc(C(=O)N2CCCCCC2C)nc2cc(-c3ccc(NC(=O)C4CC4)cc3F)nn12. The number of benzene rings is 1. The van der Waals surface area contributed by atoms with Gasteiger partial charge in [0.2, 0.25) is 5.91 Å². The summed E-state index contributed by atoms with van der Waals surface area (Å²) in [7, 11) is 0. The summed E-state index contributed by atoms with van der Waals surface area (Å²) in [5.74, 6) is -0.539. The molecule has 3 aromatic rings. The third kappa shape index (κ3) is 4.41. The second kappa shape index (κ2) is 9.16. The number of anilines is 1. The van der Waals surface area contributed by atoms with Crippen molar-refractivity contribution in [3.63, 3.8) is 0 Å². The molecule has 178 valence electrons. The lowest BCUT2D eigenvalue weighted by molar-refractivity contribution is -0.117. The van der Waals surface area contributed by atoms with Gasteiger partial charge in [0.05, 0.1) is 5.69 Å². The predicted octanol–water partition coefficient (Wildman–Crippen LogP) is 4.85. The summed E-state index contributed by atoms with van der Waals surface area (Å²) in [6.45, 7) is 4.84. The van der Waals surface area contributed by atoms with E-state index in [1.165, 1.54) is 6.07 Å². The fourth-order valence-electron chi connectivity index (χ4n) is 4.64. The van der Waals surface area contributed by atoms with Crippen LogP contribution in [0.1, 0.15) is 68.6 Å². The van der Waals surface area contributed by atoms with Crippen molar-refractivity contribution in [1.29, 1.82) is 0 Å². The summed E-state index contributed by atoms with van der Waals surface area (Å²) in [4.78, 5) is 31.8. The van der Waals surface area contributed by atoms with Crippen LogP contribution in [0, 0.1) is 11.7 Å². The third-order valence-electron chi connectivity index (χ3n) is 6.86. The number of carbonyl (C=O) groups excluding carboxylic acids is 2. The van der Waals surface area contributed by atoms with Gasteiger partial charge in [0.1, 0.15) is 11.5 Å². The molecule has 1 atom stereocenters. The van der Waals surface area contributed by atoms with Crippen molar-refractivity contribution in [2.45, 2.75) is 64.8 Å². The van der Waals surface area contributed by atoms with Gasteiger partial charge in [-0.05, 0) is 63.3 Å². The molecule has 1 N–H and O–H groups in total. The number of aromatic nitrogens is 3. The third-order valence-corrected chi connectivity index (χ3v) is 6.86. The van der Waals surface area contributed by atoms with Gasteiger partial charge >= 0.3 is 0 Å². The Balaban J connectivity index is 1.46. The molecule has 5 rings (SSSR count). The number of nitrogens with one attached hydrogen (secondary N) is 1. The zero-order chi connectivity index (χ0) is 23.8. The van der Waals surface area contributed by atoms with E-state index in [1.807, 2.05) is 11.8 Å². The van der Waals surface area contributed by atoms with Crippen molar-refractivity contribution in [3.05, 3.63) is 47.5 Å². The summed E-state index contributed by atoms with van der Waals surface area (Å²) >= 11 is 0. The minimum absolute atomic E-state index is 0.0499. The largest absolute Gasteiger partial charge is 0.335 e. The Bertz CT molecular complexity index is 1250. The molecule has 1 aliphatic carbocycles. The second-order valence-electron chi connectivity index (χ2n) is 9.44. The number of carbonyl (C=O) groups is 2. The van der Waals surface area contributed by atoms with Crippen LogP contribution in [-0.4, -0.2) is 43.9 Å². The number of halogens is 1. The number of hydrogen-bond acceptors (Lipinski definition) is 4. The van der Waals surface area contributed by atoms with Gasteiger partial charge in [0, 0.05) is 41.5 Å². The fourth-order valence-corrected chi connectivity index (χ4v) is 4.64. The molecule has 1 aliphatic heterocycles. The van der Waals surface area contributed by atoms with Crippen molar-refractivity contribution in [1.82, 2.24) is 19.5 Å². The number of hydrogen-bond donors (Lipinski definition) is 1. The molecule has 0 spiro atoms. The van der Waals surface area contributed by atoms with Crippen molar-refractivity contribution >= 4 is 23.1 Å². The van der Waals surface area contributed by atoms with Crippen LogP contribution in [-0.2, 0) is 11.2 Å². The summed E-state index contributed by atoms with van der Waals surface area (Å²) in [6.07, 6.45) is 6.72. The Hall–Kier alpha value is -3.29. The van der Waals surface area contributed by atoms with Gasteiger partial charge in [-0.3, -0.25) is 9.59 Å². The maximum atomic E-state index is 15.0. The number of amides is 2. The lowest BCUT2D eigenvalue weighted by atomic mass is 10.1. The molecule has 2 fully saturated rings. The van der Waals surface area contributed by atoms with Crippen LogP contribution in [0.25, 0.3) is 16.9 Å². The first-order valence-corrected chi connectivity index (χ1v) is 12.3. The monoisotopic (exact) mass is 463 g/mol. The first-order chi connectivity index (χ1) is 16.4. The molecule has 1 unspecified atom stereocenters. The molecule has 0 radical (unpaired) electrons. The van der Waals surface area contributed by atoms with Crippen LogP contribution in [0.5, 0.6) is 0 Å². The highest BCUT2D eigenvalue weighted by Gasteiger charge is 2.30. The van der Waals surface area contributed by atoms with E-state index in [9.17, 15) is 14.0 Å². The number of nitrogens with zero attached hydrogens (tertiary/aromatic N) is 4. The van der Waals surface area contributed by atoms with Crippen LogP contribution in [0.4, 0.5) is 10.1 Å². The molecule has 1 aromatic carbocycles. The number of rotatable bonds is 5. The predicted molar refractivity (Wildman–Crippen MR) is 128 cm³/mol. The molecule has 8 heteroatoms. The Morgan fingerprint density at radius 3 is 2.68 bits per heavy atom. The zero-order valence-corrected chi connectivity index (χ0v) is 19.7. The molecule has 1 saturated heterocycles. The van der Waals surface area contributed by atoms with Gasteiger partial charge in [-0.2, -0.15) is 5.10 Å².